The van der Waals surface area contributed by atoms with Crippen LogP contribution in [-0.2, 0) is 26.2 Å². The number of aryl methyl sites for hydroxylation is 2. The zero-order valence-corrected chi connectivity index (χ0v) is 24.1. The summed E-state index contributed by atoms with van der Waals surface area (Å²) >= 11 is 0. The second-order valence-electron chi connectivity index (χ2n) is 10.5. The molecule has 1 N–H and O–H groups in total. The maximum Gasteiger partial charge on any atom is 0.242 e. The Labute approximate surface area is 222 Å². The lowest BCUT2D eigenvalue weighted by Gasteiger charge is -2.32. The van der Waals surface area contributed by atoms with E-state index in [0.29, 0.717) is 17.9 Å². The monoisotopic (exact) mass is 531 g/mol. The van der Waals surface area contributed by atoms with Crippen LogP contribution in [0.1, 0.15) is 57.2 Å². The Hall–Kier alpha value is -3.07. The van der Waals surface area contributed by atoms with Gasteiger partial charge in [-0.25, -0.2) is 8.42 Å². The van der Waals surface area contributed by atoms with Crippen molar-refractivity contribution in [3.63, 3.8) is 0 Å². The average Bonchev–Trinajstić information content (AvgIpc) is 2.79. The minimum absolute atomic E-state index is 0.0913. The van der Waals surface area contributed by atoms with Gasteiger partial charge < -0.3 is 15.0 Å². The lowest BCUT2D eigenvalue weighted by atomic mass is 10.1. The third-order valence-corrected chi connectivity index (χ3v) is 7.12. The van der Waals surface area contributed by atoms with Crippen molar-refractivity contribution < 1.29 is 22.7 Å². The van der Waals surface area contributed by atoms with Crippen molar-refractivity contribution in [3.05, 3.63) is 59.2 Å². The van der Waals surface area contributed by atoms with E-state index in [0.717, 1.165) is 16.7 Å². The van der Waals surface area contributed by atoms with Crippen LogP contribution in [0.4, 0.5) is 5.69 Å². The fourth-order valence-corrected chi connectivity index (χ4v) is 5.01. The lowest BCUT2D eigenvalue weighted by molar-refractivity contribution is -0.141. The molecule has 0 bridgehead atoms. The molecule has 1 atom stereocenters. The molecule has 0 saturated heterocycles. The molecule has 8 nitrogen and oxygen atoms in total. The van der Waals surface area contributed by atoms with Gasteiger partial charge in [0.25, 0.3) is 0 Å². The average molecular weight is 532 g/mol. The van der Waals surface area contributed by atoms with Crippen molar-refractivity contribution in [1.29, 1.82) is 0 Å². The van der Waals surface area contributed by atoms with Crippen molar-refractivity contribution in [1.82, 2.24) is 10.2 Å². The van der Waals surface area contributed by atoms with Gasteiger partial charge in [0.05, 0.1) is 19.1 Å². The fourth-order valence-electron chi connectivity index (χ4n) is 3.99. The van der Waals surface area contributed by atoms with Gasteiger partial charge in [-0.3, -0.25) is 13.9 Å². The molecule has 2 aromatic carbocycles. The number of carbonyl (C=O) groups excluding carboxylic acids is 2. The third-order valence-electron chi connectivity index (χ3n) is 5.94. The number of ether oxygens (including phenoxy) is 1. The van der Waals surface area contributed by atoms with Crippen LogP contribution in [0, 0.1) is 13.8 Å². The van der Waals surface area contributed by atoms with E-state index >= 15 is 0 Å². The van der Waals surface area contributed by atoms with Gasteiger partial charge in [-0.05, 0) is 82.9 Å². The molecule has 0 saturated carbocycles. The molecule has 37 heavy (non-hydrogen) atoms. The first-order valence-electron chi connectivity index (χ1n) is 12.4. The molecular formula is C28H41N3O5S. The summed E-state index contributed by atoms with van der Waals surface area (Å²) in [5.41, 5.74) is 2.79. The van der Waals surface area contributed by atoms with E-state index in [1.807, 2.05) is 77.1 Å². The molecule has 0 heterocycles. The van der Waals surface area contributed by atoms with Crippen molar-refractivity contribution in [2.24, 2.45) is 0 Å². The highest BCUT2D eigenvalue weighted by Gasteiger charge is 2.29. The Bertz CT molecular complexity index is 1200. The summed E-state index contributed by atoms with van der Waals surface area (Å²) in [6.07, 6.45) is 1.57. The Kier molecular flexibility index (Phi) is 10.1. The predicted octanol–water partition coefficient (Wildman–Crippen LogP) is 4.19. The molecule has 0 aliphatic carbocycles. The Morgan fingerprint density at radius 3 is 2.35 bits per heavy atom. The van der Waals surface area contributed by atoms with Gasteiger partial charge >= 0.3 is 0 Å². The van der Waals surface area contributed by atoms with Gasteiger partial charge in [0, 0.05) is 25.0 Å². The molecular weight excluding hydrogens is 490 g/mol. The highest BCUT2D eigenvalue weighted by molar-refractivity contribution is 7.92. The van der Waals surface area contributed by atoms with E-state index in [2.05, 4.69) is 5.32 Å². The van der Waals surface area contributed by atoms with Crippen molar-refractivity contribution in [2.75, 3.05) is 24.2 Å². The maximum absolute atomic E-state index is 13.4. The zero-order chi connectivity index (χ0) is 28.0. The quantitative estimate of drug-likeness (QED) is 0.469. The van der Waals surface area contributed by atoms with Crippen LogP contribution in [0.25, 0.3) is 0 Å². The van der Waals surface area contributed by atoms with Crippen LogP contribution in [0.3, 0.4) is 0 Å². The SMILES string of the molecule is COc1cccc(CN(C(=O)CCCN(c2cc(C)ccc2C)S(C)(=O)=O)[C@H](C)C(=O)NC(C)(C)C)c1. The topological polar surface area (TPSA) is 96.0 Å². The van der Waals surface area contributed by atoms with Crippen molar-refractivity contribution in [2.45, 2.75) is 72.5 Å². The van der Waals surface area contributed by atoms with Crippen molar-refractivity contribution in [3.8, 4) is 5.75 Å². The summed E-state index contributed by atoms with van der Waals surface area (Å²) in [5.74, 6) is 0.180. The van der Waals surface area contributed by atoms with Crippen LogP contribution in [0.2, 0.25) is 0 Å². The number of hydrogen-bond donors (Lipinski definition) is 1. The second kappa shape index (κ2) is 12.4. The molecule has 2 amide bonds. The normalized spacial score (nSPS) is 12.5. The molecule has 0 aromatic heterocycles. The van der Waals surface area contributed by atoms with Gasteiger partial charge in [0.15, 0.2) is 0 Å². The minimum atomic E-state index is -3.55. The maximum atomic E-state index is 13.4. The number of sulfonamides is 1. The van der Waals surface area contributed by atoms with Gasteiger partial charge in [0.1, 0.15) is 11.8 Å². The summed E-state index contributed by atoms with van der Waals surface area (Å²) in [7, 11) is -1.98. The van der Waals surface area contributed by atoms with E-state index < -0.39 is 21.6 Å². The number of methoxy groups -OCH3 is 1. The molecule has 204 valence electrons. The van der Waals surface area contributed by atoms with Crippen molar-refractivity contribution >= 4 is 27.5 Å². The molecule has 0 aliphatic heterocycles. The first kappa shape index (κ1) is 30.2. The molecule has 2 rings (SSSR count). The minimum Gasteiger partial charge on any atom is -0.497 e. The molecule has 2 aromatic rings. The Morgan fingerprint density at radius 1 is 1.08 bits per heavy atom. The number of nitrogens with zero attached hydrogens (tertiary/aromatic N) is 2. The zero-order valence-electron chi connectivity index (χ0n) is 23.3. The van der Waals surface area contributed by atoms with Crippen LogP contribution in [0.15, 0.2) is 42.5 Å². The number of amides is 2. The smallest absolute Gasteiger partial charge is 0.242 e. The van der Waals surface area contributed by atoms with E-state index in [1.165, 1.54) is 10.6 Å². The van der Waals surface area contributed by atoms with E-state index in [4.69, 9.17) is 4.74 Å². The van der Waals surface area contributed by atoms with E-state index in [1.54, 1.807) is 18.9 Å². The number of nitrogens with one attached hydrogen (secondary N) is 1. The van der Waals surface area contributed by atoms with E-state index in [9.17, 15) is 18.0 Å². The molecule has 9 heteroatoms. The summed E-state index contributed by atoms with van der Waals surface area (Å²) in [4.78, 5) is 28.0. The summed E-state index contributed by atoms with van der Waals surface area (Å²) in [6, 6.07) is 12.3. The summed E-state index contributed by atoms with van der Waals surface area (Å²) in [6.45, 7) is 11.5. The molecule has 0 fully saturated rings. The van der Waals surface area contributed by atoms with Gasteiger partial charge in [0.2, 0.25) is 21.8 Å². The van der Waals surface area contributed by atoms with Crippen LogP contribution >= 0.6 is 0 Å². The summed E-state index contributed by atoms with van der Waals surface area (Å²) in [5, 5.41) is 2.94. The highest BCUT2D eigenvalue weighted by atomic mass is 32.2. The third kappa shape index (κ3) is 9.07. The molecule has 0 radical (unpaired) electrons. The molecule has 0 spiro atoms. The van der Waals surface area contributed by atoms with Gasteiger partial charge in [-0.15, -0.1) is 0 Å². The number of hydrogen-bond acceptors (Lipinski definition) is 5. The lowest BCUT2D eigenvalue weighted by Crippen LogP contribution is -2.52. The second-order valence-corrected chi connectivity index (χ2v) is 12.4. The first-order chi connectivity index (χ1) is 17.1. The Balaban J connectivity index is 2.24. The number of benzene rings is 2. The van der Waals surface area contributed by atoms with Crippen LogP contribution < -0.4 is 14.4 Å². The van der Waals surface area contributed by atoms with Crippen LogP contribution in [0.5, 0.6) is 5.75 Å². The highest BCUT2D eigenvalue weighted by Crippen LogP contribution is 2.25. The predicted molar refractivity (Wildman–Crippen MR) is 148 cm³/mol. The largest absolute Gasteiger partial charge is 0.497 e. The number of anilines is 1. The standard InChI is InChI=1S/C28H41N3O5S/c1-20-14-15-21(2)25(17-20)31(37(8,34)35)16-10-13-26(32)30(22(3)27(33)29-28(4,5)6)19-23-11-9-12-24(18-23)36-7/h9,11-12,14-15,17-18,22H,10,13,16,19H2,1-8H3,(H,29,33)/t22-/m1/s1. The number of rotatable bonds is 11. The molecule has 0 unspecified atom stereocenters. The fraction of sp³-hybridized carbons (Fsp3) is 0.500. The molecule has 0 aliphatic rings. The first-order valence-corrected chi connectivity index (χ1v) is 14.3. The van der Waals surface area contributed by atoms with Gasteiger partial charge in [-0.2, -0.15) is 0 Å². The van der Waals surface area contributed by atoms with Gasteiger partial charge in [-0.1, -0.05) is 24.3 Å². The van der Waals surface area contributed by atoms with E-state index in [-0.39, 0.29) is 31.3 Å². The Morgan fingerprint density at radius 2 is 1.76 bits per heavy atom. The number of carbonyl (C=O) groups is 2. The van der Waals surface area contributed by atoms with Crippen LogP contribution in [-0.4, -0.2) is 56.6 Å². The summed E-state index contributed by atoms with van der Waals surface area (Å²) < 4.78 is 31.9.